The molecule has 0 amide bonds. The summed E-state index contributed by atoms with van der Waals surface area (Å²) < 4.78 is 78.3. The topological polar surface area (TPSA) is 20.2 Å². The molecule has 0 aromatic carbocycles. The maximum Gasteiger partial charge on any atom is 0.426 e. The van der Waals surface area contributed by atoms with Gasteiger partial charge in [-0.2, -0.15) is 26.3 Å². The summed E-state index contributed by atoms with van der Waals surface area (Å²) in [6.45, 7) is 8.21. The van der Waals surface area contributed by atoms with Gasteiger partial charge in [0.2, 0.25) is 0 Å². The fourth-order valence-corrected chi connectivity index (χ4v) is 5.66. The molecule has 2 aliphatic rings. The lowest BCUT2D eigenvalue weighted by Gasteiger charge is -2.43. The first-order valence-corrected chi connectivity index (χ1v) is 9.10. The van der Waals surface area contributed by atoms with Gasteiger partial charge in [0, 0.05) is 0 Å². The van der Waals surface area contributed by atoms with Crippen LogP contribution in [0.25, 0.3) is 0 Å². The molecule has 1 nitrogen and oxygen atoms in total. The minimum absolute atomic E-state index is 0.138. The maximum absolute atomic E-state index is 13.1. The number of fused-ring (bicyclic) bond motifs is 2. The van der Waals surface area contributed by atoms with E-state index in [9.17, 15) is 31.4 Å². The first-order chi connectivity index (χ1) is 11.2. The van der Waals surface area contributed by atoms with Gasteiger partial charge in [-0.05, 0) is 60.7 Å². The Kier molecular flexibility index (Phi) is 5.51. The fraction of sp³-hybridized carbons (Fsp3) is 1.00. The van der Waals surface area contributed by atoms with Crippen molar-refractivity contribution in [3.05, 3.63) is 0 Å². The summed E-state index contributed by atoms with van der Waals surface area (Å²) in [5, 5.41) is 9.58. The van der Waals surface area contributed by atoms with Gasteiger partial charge in [0.25, 0.3) is 5.60 Å². The number of hydrogen-bond donors (Lipinski definition) is 1. The fourth-order valence-electron chi connectivity index (χ4n) is 5.66. The van der Waals surface area contributed by atoms with E-state index in [1.165, 1.54) is 0 Å². The molecule has 0 heterocycles. The van der Waals surface area contributed by atoms with Crippen LogP contribution in [-0.4, -0.2) is 23.1 Å². The van der Waals surface area contributed by atoms with E-state index < -0.39 is 30.3 Å². The lowest BCUT2D eigenvalue weighted by molar-refractivity contribution is -0.373. The smallest absolute Gasteiger partial charge is 0.374 e. The Morgan fingerprint density at radius 1 is 0.920 bits per heavy atom. The van der Waals surface area contributed by atoms with Crippen molar-refractivity contribution in [1.82, 2.24) is 0 Å². The summed E-state index contributed by atoms with van der Waals surface area (Å²) in [6.07, 6.45) is -10.8. The average Bonchev–Trinajstić information content (AvgIpc) is 3.01. The molecule has 2 aliphatic carbocycles. The Hall–Kier alpha value is -0.460. The van der Waals surface area contributed by atoms with E-state index in [-0.39, 0.29) is 23.7 Å². The van der Waals surface area contributed by atoms with Crippen molar-refractivity contribution >= 4 is 0 Å². The molecule has 0 radical (unpaired) electrons. The van der Waals surface area contributed by atoms with Gasteiger partial charge in [-0.25, -0.2) is 0 Å². The van der Waals surface area contributed by atoms with Gasteiger partial charge in [0.15, 0.2) is 0 Å². The van der Waals surface area contributed by atoms with Crippen molar-refractivity contribution in [2.24, 2.45) is 41.4 Å². The minimum Gasteiger partial charge on any atom is -0.374 e. The quantitative estimate of drug-likeness (QED) is 0.601. The van der Waals surface area contributed by atoms with Gasteiger partial charge in [0.05, 0.1) is 0 Å². The van der Waals surface area contributed by atoms with Crippen molar-refractivity contribution < 1.29 is 31.4 Å². The zero-order valence-electron chi connectivity index (χ0n) is 15.1. The second kappa shape index (κ2) is 6.61. The Labute approximate surface area is 145 Å². The molecule has 2 saturated carbocycles. The molecule has 0 aromatic heterocycles. The van der Waals surface area contributed by atoms with Crippen molar-refractivity contribution in [3.63, 3.8) is 0 Å². The van der Waals surface area contributed by atoms with E-state index in [2.05, 4.69) is 13.8 Å². The molecule has 0 saturated heterocycles. The largest absolute Gasteiger partial charge is 0.426 e. The number of aliphatic hydroxyl groups is 1. The second-order valence-electron chi connectivity index (χ2n) is 8.50. The monoisotopic (exact) mass is 374 g/mol. The molecule has 0 spiro atoms. The number of hydrogen-bond acceptors (Lipinski definition) is 1. The zero-order chi connectivity index (χ0) is 19.4. The van der Waals surface area contributed by atoms with Crippen LogP contribution >= 0.6 is 0 Å². The average molecular weight is 374 g/mol. The third kappa shape index (κ3) is 3.42. The normalized spacial score (nSPS) is 34.8. The highest BCUT2D eigenvalue weighted by Gasteiger charge is 2.71. The molecule has 7 heteroatoms. The summed E-state index contributed by atoms with van der Waals surface area (Å²) in [7, 11) is 0. The van der Waals surface area contributed by atoms with E-state index in [0.717, 1.165) is 6.42 Å². The lowest BCUT2D eigenvalue weighted by atomic mass is 9.63. The van der Waals surface area contributed by atoms with E-state index >= 15 is 0 Å². The van der Waals surface area contributed by atoms with Crippen molar-refractivity contribution in [3.8, 4) is 0 Å². The van der Waals surface area contributed by atoms with Crippen LogP contribution in [-0.2, 0) is 0 Å². The van der Waals surface area contributed by atoms with E-state index in [4.69, 9.17) is 0 Å². The van der Waals surface area contributed by atoms with Crippen molar-refractivity contribution in [2.75, 3.05) is 0 Å². The number of halogens is 6. The molecule has 2 rings (SSSR count). The van der Waals surface area contributed by atoms with Crippen LogP contribution in [0.2, 0.25) is 0 Å². The first kappa shape index (κ1) is 20.8. The van der Waals surface area contributed by atoms with Crippen LogP contribution in [0.15, 0.2) is 0 Å². The Morgan fingerprint density at radius 3 is 1.84 bits per heavy atom. The molecule has 25 heavy (non-hydrogen) atoms. The van der Waals surface area contributed by atoms with Crippen LogP contribution in [0.5, 0.6) is 0 Å². The molecule has 1 N–H and O–H groups in total. The second-order valence-corrected chi connectivity index (χ2v) is 8.50. The van der Waals surface area contributed by atoms with Crippen LogP contribution in [0.4, 0.5) is 26.3 Å². The molecule has 6 unspecified atom stereocenters. The summed E-state index contributed by atoms with van der Waals surface area (Å²) in [5.74, 6) is 0.380. The predicted octanol–water partition coefficient (Wildman–Crippen LogP) is 5.82. The van der Waals surface area contributed by atoms with Crippen LogP contribution in [0.3, 0.4) is 0 Å². The van der Waals surface area contributed by atoms with E-state index in [1.807, 2.05) is 13.8 Å². The summed E-state index contributed by atoms with van der Waals surface area (Å²) in [4.78, 5) is 0. The minimum atomic E-state index is -5.71. The zero-order valence-corrected chi connectivity index (χ0v) is 15.1. The highest BCUT2D eigenvalue weighted by atomic mass is 19.4. The van der Waals surface area contributed by atoms with Gasteiger partial charge >= 0.3 is 12.4 Å². The summed E-state index contributed by atoms with van der Waals surface area (Å²) >= 11 is 0. The third-order valence-corrected chi connectivity index (χ3v) is 6.84. The Bertz CT molecular complexity index is 455. The molecule has 2 fully saturated rings. The number of rotatable bonds is 5. The molecule has 2 bridgehead atoms. The highest BCUT2D eigenvalue weighted by molar-refractivity contribution is 5.06. The molecule has 0 aromatic rings. The SMILES string of the molecule is CCC(C)C1C2CC(CC2CC(O)(C(F)(F)F)C(F)(F)F)C1C(C)C. The highest BCUT2D eigenvalue weighted by Crippen LogP contribution is 2.62. The summed E-state index contributed by atoms with van der Waals surface area (Å²) in [5.41, 5.74) is -4.61. The van der Waals surface area contributed by atoms with Crippen molar-refractivity contribution in [1.29, 1.82) is 0 Å². The third-order valence-electron chi connectivity index (χ3n) is 6.84. The molecular formula is C18H28F6O. The van der Waals surface area contributed by atoms with Gasteiger partial charge in [-0.1, -0.05) is 34.1 Å². The van der Waals surface area contributed by atoms with Crippen molar-refractivity contribution in [2.45, 2.75) is 71.3 Å². The Balaban J connectivity index is 2.28. The molecule has 148 valence electrons. The first-order valence-electron chi connectivity index (χ1n) is 9.10. The predicted molar refractivity (Wildman–Crippen MR) is 82.7 cm³/mol. The maximum atomic E-state index is 13.1. The van der Waals surface area contributed by atoms with E-state index in [0.29, 0.717) is 24.7 Å². The standard InChI is InChI=1S/C18H28F6O/c1-5-10(4)15-13-7-11(14(15)9(2)3)6-12(13)8-16(25,17(19,20)21)18(22,23)24/h9-15,25H,5-8H2,1-4H3. The summed E-state index contributed by atoms with van der Waals surface area (Å²) in [6, 6.07) is 0. The molecular weight excluding hydrogens is 346 g/mol. The number of alkyl halides is 6. The van der Waals surface area contributed by atoms with Crippen LogP contribution in [0, 0.1) is 41.4 Å². The Morgan fingerprint density at radius 2 is 1.44 bits per heavy atom. The van der Waals surface area contributed by atoms with E-state index in [1.54, 1.807) is 0 Å². The van der Waals surface area contributed by atoms with Gasteiger partial charge in [-0.3, -0.25) is 0 Å². The molecule has 6 atom stereocenters. The lowest BCUT2D eigenvalue weighted by Crippen LogP contribution is -2.58. The van der Waals surface area contributed by atoms with Crippen LogP contribution < -0.4 is 0 Å². The van der Waals surface area contributed by atoms with Gasteiger partial charge in [-0.15, -0.1) is 0 Å². The van der Waals surface area contributed by atoms with Gasteiger partial charge in [0.1, 0.15) is 0 Å². The van der Waals surface area contributed by atoms with Gasteiger partial charge < -0.3 is 5.11 Å². The van der Waals surface area contributed by atoms with Crippen LogP contribution in [0.1, 0.15) is 53.4 Å². The molecule has 0 aliphatic heterocycles.